The van der Waals surface area contributed by atoms with Crippen LogP contribution in [0.15, 0.2) is 59.4 Å². The van der Waals surface area contributed by atoms with E-state index in [-0.39, 0.29) is 0 Å². The van der Waals surface area contributed by atoms with Crippen LogP contribution in [0.1, 0.15) is 19.8 Å². The second-order valence-corrected chi connectivity index (χ2v) is 10.4. The van der Waals surface area contributed by atoms with Gasteiger partial charge < -0.3 is 0 Å². The SMILES string of the molecule is CC1=C([PH](C)(c2ccc(F)cc2F)c2ccc(F)cc2F)CCC=C1. The van der Waals surface area contributed by atoms with Gasteiger partial charge in [-0.2, -0.15) is 0 Å². The fourth-order valence-corrected chi connectivity index (χ4v) is 8.08. The number of benzene rings is 2. The van der Waals surface area contributed by atoms with Crippen LogP contribution in [-0.2, 0) is 0 Å². The Bertz CT molecular complexity index is 832. The van der Waals surface area contributed by atoms with Crippen LogP contribution < -0.4 is 10.6 Å². The van der Waals surface area contributed by atoms with E-state index >= 15 is 0 Å². The molecule has 0 unspecified atom stereocenters. The summed E-state index contributed by atoms with van der Waals surface area (Å²) < 4.78 is 56.2. The van der Waals surface area contributed by atoms with Crippen LogP contribution in [0.5, 0.6) is 0 Å². The van der Waals surface area contributed by atoms with Gasteiger partial charge in [-0.25, -0.2) is 0 Å². The molecule has 0 aromatic heterocycles. The Kier molecular flexibility index (Phi) is 4.83. The molecule has 3 rings (SSSR count). The van der Waals surface area contributed by atoms with Crippen molar-refractivity contribution in [2.45, 2.75) is 19.8 Å². The first kappa shape index (κ1) is 17.9. The molecular formula is C20H19F4P. The van der Waals surface area contributed by atoms with Gasteiger partial charge >= 0.3 is 145 Å². The molecular weight excluding hydrogens is 347 g/mol. The number of hydrogen-bond acceptors (Lipinski definition) is 0. The zero-order valence-corrected chi connectivity index (χ0v) is 15.0. The molecule has 1 aliphatic carbocycles. The van der Waals surface area contributed by atoms with Crippen molar-refractivity contribution in [2.24, 2.45) is 0 Å². The van der Waals surface area contributed by atoms with Gasteiger partial charge in [0.25, 0.3) is 0 Å². The van der Waals surface area contributed by atoms with Crippen molar-refractivity contribution >= 4 is 17.9 Å². The van der Waals surface area contributed by atoms with E-state index in [1.54, 1.807) is 0 Å². The zero-order chi connectivity index (χ0) is 18.2. The Morgan fingerprint density at radius 1 is 0.840 bits per heavy atom. The Hall–Kier alpha value is -1.93. The van der Waals surface area contributed by atoms with E-state index in [0.717, 1.165) is 29.4 Å². The van der Waals surface area contributed by atoms with E-state index < -0.39 is 30.5 Å². The number of halogens is 4. The first-order valence-electron chi connectivity index (χ1n) is 8.12. The summed E-state index contributed by atoms with van der Waals surface area (Å²) in [6.07, 6.45) is 5.43. The minimum absolute atomic E-state index is 0.309. The van der Waals surface area contributed by atoms with Crippen molar-refractivity contribution in [3.63, 3.8) is 0 Å². The molecule has 0 saturated heterocycles. The summed E-state index contributed by atoms with van der Waals surface area (Å²) in [4.78, 5) is 0. The van der Waals surface area contributed by atoms with Crippen molar-refractivity contribution in [1.29, 1.82) is 0 Å². The molecule has 2 aromatic carbocycles. The molecule has 0 atom stereocenters. The molecule has 1 aliphatic rings. The van der Waals surface area contributed by atoms with Crippen LogP contribution in [0.2, 0.25) is 0 Å². The molecule has 0 N–H and O–H groups in total. The van der Waals surface area contributed by atoms with Gasteiger partial charge in [-0.15, -0.1) is 0 Å². The Morgan fingerprint density at radius 2 is 1.36 bits per heavy atom. The molecule has 0 heterocycles. The van der Waals surface area contributed by atoms with Gasteiger partial charge in [-0.05, 0) is 0 Å². The van der Waals surface area contributed by atoms with Crippen molar-refractivity contribution in [3.8, 4) is 0 Å². The summed E-state index contributed by atoms with van der Waals surface area (Å²) in [6.45, 7) is 3.76. The Morgan fingerprint density at radius 3 is 1.80 bits per heavy atom. The average Bonchev–Trinajstić information content (AvgIpc) is 2.54. The maximum atomic E-state index is 14.7. The number of allylic oxidation sites excluding steroid dienone is 4. The van der Waals surface area contributed by atoms with Crippen molar-refractivity contribution in [1.82, 2.24) is 0 Å². The van der Waals surface area contributed by atoms with Crippen molar-refractivity contribution in [3.05, 3.63) is 82.7 Å². The standard InChI is InChI=1S/C20H19F4P/c1-13-5-3-4-6-18(13)25(2,19-9-7-14(21)11-16(19)23)20-10-8-15(22)12-17(20)24/h3,5,7-12,25H,4,6H2,1-2H3. The van der Waals surface area contributed by atoms with Crippen molar-refractivity contribution < 1.29 is 17.6 Å². The van der Waals surface area contributed by atoms with Gasteiger partial charge in [0, 0.05) is 0 Å². The van der Waals surface area contributed by atoms with Gasteiger partial charge in [0.2, 0.25) is 0 Å². The normalized spacial score (nSPS) is 15.6. The summed E-state index contributed by atoms with van der Waals surface area (Å²) in [5, 5.41) is 1.60. The minimum atomic E-state index is -3.05. The van der Waals surface area contributed by atoms with Crippen LogP contribution in [0.3, 0.4) is 0 Å². The van der Waals surface area contributed by atoms with E-state index in [2.05, 4.69) is 0 Å². The first-order chi connectivity index (χ1) is 11.8. The van der Waals surface area contributed by atoms with Crippen LogP contribution in [0.4, 0.5) is 17.6 Å². The van der Waals surface area contributed by atoms with Crippen LogP contribution in [-0.4, -0.2) is 6.66 Å². The van der Waals surface area contributed by atoms with E-state index in [9.17, 15) is 17.6 Å². The summed E-state index contributed by atoms with van der Waals surface area (Å²) in [6, 6.07) is 6.85. The average molecular weight is 366 g/mol. The van der Waals surface area contributed by atoms with Gasteiger partial charge in [0.1, 0.15) is 0 Å². The van der Waals surface area contributed by atoms with E-state index in [0.29, 0.717) is 17.0 Å². The quantitative estimate of drug-likeness (QED) is 0.518. The fourth-order valence-electron chi connectivity index (χ4n) is 3.69. The molecule has 0 spiro atoms. The maximum absolute atomic E-state index is 14.7. The summed E-state index contributed by atoms with van der Waals surface area (Å²) in [5.74, 6) is -2.72. The van der Waals surface area contributed by atoms with E-state index in [4.69, 9.17) is 0 Å². The van der Waals surface area contributed by atoms with Gasteiger partial charge in [0.15, 0.2) is 0 Å². The summed E-state index contributed by atoms with van der Waals surface area (Å²) in [5.41, 5.74) is 0.966. The molecule has 132 valence electrons. The molecule has 0 bridgehead atoms. The van der Waals surface area contributed by atoms with Gasteiger partial charge in [-0.3, -0.25) is 0 Å². The Balaban J connectivity index is 2.34. The van der Waals surface area contributed by atoms with Gasteiger partial charge in [-0.1, -0.05) is 0 Å². The molecule has 5 heteroatoms. The van der Waals surface area contributed by atoms with Crippen molar-refractivity contribution in [2.75, 3.05) is 6.66 Å². The molecule has 0 aliphatic heterocycles. The number of hydrogen-bond donors (Lipinski definition) is 0. The third-order valence-corrected chi connectivity index (χ3v) is 9.77. The fraction of sp³-hybridized carbons (Fsp3) is 0.200. The molecule has 0 fully saturated rings. The molecule has 0 saturated carbocycles. The Labute approximate surface area is 145 Å². The van der Waals surface area contributed by atoms with E-state index in [1.807, 2.05) is 25.7 Å². The zero-order valence-electron chi connectivity index (χ0n) is 14.0. The monoisotopic (exact) mass is 366 g/mol. The molecule has 0 amide bonds. The molecule has 0 radical (unpaired) electrons. The van der Waals surface area contributed by atoms with E-state index in [1.165, 1.54) is 24.3 Å². The summed E-state index contributed by atoms with van der Waals surface area (Å²) >= 11 is 0. The third kappa shape index (κ3) is 3.16. The molecule has 0 nitrogen and oxygen atoms in total. The van der Waals surface area contributed by atoms with Crippen LogP contribution in [0.25, 0.3) is 0 Å². The molecule has 25 heavy (non-hydrogen) atoms. The van der Waals surface area contributed by atoms with Crippen LogP contribution >= 0.6 is 7.26 Å². The van der Waals surface area contributed by atoms with Gasteiger partial charge in [0.05, 0.1) is 0 Å². The number of rotatable bonds is 3. The first-order valence-corrected chi connectivity index (χ1v) is 10.6. The van der Waals surface area contributed by atoms with Crippen LogP contribution in [0, 0.1) is 23.3 Å². The second kappa shape index (κ2) is 6.76. The second-order valence-electron chi connectivity index (χ2n) is 6.48. The third-order valence-electron chi connectivity index (χ3n) is 4.95. The molecule has 2 aromatic rings. The predicted molar refractivity (Wildman–Crippen MR) is 97.3 cm³/mol. The predicted octanol–water partition coefficient (Wildman–Crippen LogP) is 5.20. The topological polar surface area (TPSA) is 0 Å². The summed E-state index contributed by atoms with van der Waals surface area (Å²) in [7, 11) is -3.05.